The Bertz CT molecular complexity index is 601. The van der Waals surface area contributed by atoms with Crippen molar-refractivity contribution in [3.63, 3.8) is 0 Å². The molecule has 1 aliphatic heterocycles. The monoisotopic (exact) mass is 281 g/mol. The first-order valence-corrected chi connectivity index (χ1v) is 8.95. The highest BCUT2D eigenvalue weighted by Gasteiger charge is 2.44. The van der Waals surface area contributed by atoms with E-state index in [0.29, 0.717) is 6.04 Å². The van der Waals surface area contributed by atoms with Crippen molar-refractivity contribution in [1.29, 1.82) is 0 Å². The molecule has 0 aromatic heterocycles. The summed E-state index contributed by atoms with van der Waals surface area (Å²) in [7, 11) is -2.13. The molecule has 1 unspecified atom stereocenters. The second kappa shape index (κ2) is 5.05. The van der Waals surface area contributed by atoms with Crippen LogP contribution in [0.15, 0.2) is 72.4 Å². The number of rotatable bonds is 3. The molecule has 0 radical (unpaired) electrons. The van der Waals surface area contributed by atoms with Gasteiger partial charge in [-0.15, -0.1) is 0 Å². The summed E-state index contributed by atoms with van der Waals surface area (Å²) in [4.78, 5) is 11.0. The number of benzene rings is 2. The lowest BCUT2D eigenvalue weighted by molar-refractivity contribution is -0.504. The van der Waals surface area contributed by atoms with Gasteiger partial charge < -0.3 is 0 Å². The molecule has 1 heterocycles. The van der Waals surface area contributed by atoms with Crippen molar-refractivity contribution in [2.75, 3.05) is 0 Å². The van der Waals surface area contributed by atoms with Crippen LogP contribution in [0.1, 0.15) is 0 Å². The molecule has 0 bridgehead atoms. The molecule has 0 fully saturated rings. The molecular weight excluding hydrogens is 266 g/mol. The van der Waals surface area contributed by atoms with Gasteiger partial charge in [0.05, 0.1) is 0 Å². The molecule has 20 heavy (non-hydrogen) atoms. The van der Waals surface area contributed by atoms with Gasteiger partial charge in [0.1, 0.15) is 8.07 Å². The first-order chi connectivity index (χ1) is 9.72. The Labute approximate surface area is 118 Å². The quantitative estimate of drug-likeness (QED) is 0.491. The Morgan fingerprint density at radius 3 is 1.85 bits per heavy atom. The predicted octanol–water partition coefficient (Wildman–Crippen LogP) is 2.00. The smallest absolute Gasteiger partial charge is 0.229 e. The topological polar surface area (TPSA) is 43.1 Å². The van der Waals surface area contributed by atoms with Gasteiger partial charge in [-0.2, -0.15) is 0 Å². The average Bonchev–Trinajstić information content (AvgIpc) is 2.96. The zero-order chi connectivity index (χ0) is 14.0. The molecule has 0 N–H and O–H groups in total. The van der Waals surface area contributed by atoms with Crippen LogP contribution in [-0.2, 0) is 0 Å². The summed E-state index contributed by atoms with van der Waals surface area (Å²) in [6, 6.07) is 20.5. The molecule has 4 heteroatoms. The van der Waals surface area contributed by atoms with E-state index in [2.05, 4.69) is 30.0 Å². The third-order valence-corrected chi connectivity index (χ3v) is 8.53. The standard InChI is InChI=1S/C16H15NO2Si/c18-17(19)14-11-12-20(13-14,15-7-3-1-4-8-15)16-9-5-2-6-10-16/h1-12,14H,13H2. The molecule has 1 aliphatic rings. The molecule has 2 aromatic carbocycles. The molecule has 0 saturated carbocycles. The van der Waals surface area contributed by atoms with Crippen LogP contribution >= 0.6 is 0 Å². The molecule has 0 spiro atoms. The van der Waals surface area contributed by atoms with Crippen LogP contribution in [0.5, 0.6) is 0 Å². The molecule has 3 nitrogen and oxygen atoms in total. The van der Waals surface area contributed by atoms with Gasteiger partial charge in [0.25, 0.3) is 0 Å². The predicted molar refractivity (Wildman–Crippen MR) is 82.6 cm³/mol. The van der Waals surface area contributed by atoms with E-state index in [0.717, 1.165) is 0 Å². The van der Waals surface area contributed by atoms with Crippen LogP contribution in [0.3, 0.4) is 0 Å². The summed E-state index contributed by atoms with van der Waals surface area (Å²) < 4.78 is 0. The maximum absolute atomic E-state index is 11.1. The maximum Gasteiger partial charge on any atom is 0.229 e. The summed E-state index contributed by atoms with van der Waals surface area (Å²) in [5.41, 5.74) is 2.13. The van der Waals surface area contributed by atoms with Crippen molar-refractivity contribution in [1.82, 2.24) is 0 Å². The van der Waals surface area contributed by atoms with Crippen molar-refractivity contribution in [2.45, 2.75) is 12.1 Å². The van der Waals surface area contributed by atoms with Gasteiger partial charge in [0, 0.05) is 11.0 Å². The van der Waals surface area contributed by atoms with Crippen LogP contribution in [-0.4, -0.2) is 19.0 Å². The molecular formula is C16H15NO2Si. The number of hydrogen-bond donors (Lipinski definition) is 0. The van der Waals surface area contributed by atoms with Crippen molar-refractivity contribution in [2.24, 2.45) is 0 Å². The highest BCUT2D eigenvalue weighted by Crippen LogP contribution is 2.24. The summed E-state index contributed by atoms with van der Waals surface area (Å²) in [5, 5.41) is 13.6. The van der Waals surface area contributed by atoms with Gasteiger partial charge in [-0.3, -0.25) is 10.1 Å². The molecule has 0 amide bonds. The fraction of sp³-hybridized carbons (Fsp3) is 0.125. The number of nitro groups is 1. The Balaban J connectivity index is 2.11. The molecule has 3 rings (SSSR count). The molecule has 2 aromatic rings. The van der Waals surface area contributed by atoms with Gasteiger partial charge in [-0.1, -0.05) is 66.4 Å². The Morgan fingerprint density at radius 1 is 0.950 bits per heavy atom. The lowest BCUT2D eigenvalue weighted by atomic mass is 10.4. The van der Waals surface area contributed by atoms with Crippen molar-refractivity contribution >= 4 is 18.4 Å². The van der Waals surface area contributed by atoms with E-state index in [9.17, 15) is 10.1 Å². The Hall–Kier alpha value is -2.20. The summed E-state index contributed by atoms with van der Waals surface area (Å²) in [6.07, 6.45) is 1.78. The Kier molecular flexibility index (Phi) is 3.24. The second-order valence-electron chi connectivity index (χ2n) is 5.12. The Morgan fingerprint density at radius 2 is 1.45 bits per heavy atom. The SMILES string of the molecule is O=[N+]([O-])C1C=C[Si](c2ccccc2)(c2ccccc2)C1. The minimum Gasteiger partial charge on any atom is -0.264 e. The minimum atomic E-state index is -2.13. The lowest BCUT2D eigenvalue weighted by Crippen LogP contribution is -2.56. The zero-order valence-corrected chi connectivity index (χ0v) is 12.0. The van der Waals surface area contributed by atoms with Gasteiger partial charge in [-0.25, -0.2) is 0 Å². The summed E-state index contributed by atoms with van der Waals surface area (Å²) >= 11 is 0. The van der Waals surface area contributed by atoms with Crippen molar-refractivity contribution in [3.05, 3.63) is 82.6 Å². The van der Waals surface area contributed by atoms with E-state index in [1.54, 1.807) is 6.08 Å². The first kappa shape index (κ1) is 12.8. The van der Waals surface area contributed by atoms with Crippen molar-refractivity contribution < 1.29 is 4.92 Å². The van der Waals surface area contributed by atoms with E-state index in [-0.39, 0.29) is 4.92 Å². The largest absolute Gasteiger partial charge is 0.264 e. The van der Waals surface area contributed by atoms with E-state index in [1.165, 1.54) is 10.4 Å². The fourth-order valence-corrected chi connectivity index (χ4v) is 7.35. The van der Waals surface area contributed by atoms with Gasteiger partial charge >= 0.3 is 0 Å². The van der Waals surface area contributed by atoms with Crippen LogP contribution in [0.2, 0.25) is 6.04 Å². The second-order valence-corrected chi connectivity index (χ2v) is 8.96. The average molecular weight is 281 g/mol. The highest BCUT2D eigenvalue weighted by atomic mass is 28.3. The van der Waals surface area contributed by atoms with Crippen molar-refractivity contribution in [3.8, 4) is 0 Å². The van der Waals surface area contributed by atoms with Crippen LogP contribution in [0.4, 0.5) is 0 Å². The van der Waals surface area contributed by atoms with Crippen LogP contribution in [0, 0.1) is 10.1 Å². The van der Waals surface area contributed by atoms with Crippen LogP contribution in [0.25, 0.3) is 0 Å². The van der Waals surface area contributed by atoms with E-state index >= 15 is 0 Å². The third kappa shape index (κ3) is 2.08. The molecule has 0 aliphatic carbocycles. The normalized spacial score (nSPS) is 19.9. The minimum absolute atomic E-state index is 0.170. The van der Waals surface area contributed by atoms with E-state index in [1.807, 2.05) is 36.4 Å². The van der Waals surface area contributed by atoms with Crippen LogP contribution < -0.4 is 10.4 Å². The summed E-state index contributed by atoms with van der Waals surface area (Å²) in [6.45, 7) is 0. The molecule has 100 valence electrons. The van der Waals surface area contributed by atoms with E-state index < -0.39 is 14.1 Å². The number of nitrogens with zero attached hydrogens (tertiary/aromatic N) is 1. The summed E-state index contributed by atoms with van der Waals surface area (Å²) in [5.74, 6) is 0. The van der Waals surface area contributed by atoms with Gasteiger partial charge in [0.15, 0.2) is 0 Å². The number of hydrogen-bond acceptors (Lipinski definition) is 2. The van der Waals surface area contributed by atoms with Gasteiger partial charge in [0.2, 0.25) is 6.04 Å². The van der Waals surface area contributed by atoms with E-state index in [4.69, 9.17) is 0 Å². The zero-order valence-electron chi connectivity index (χ0n) is 11.0. The fourth-order valence-electron chi connectivity index (χ4n) is 2.95. The third-order valence-electron chi connectivity index (χ3n) is 3.98. The first-order valence-electron chi connectivity index (χ1n) is 6.66. The molecule has 1 atom stereocenters. The lowest BCUT2D eigenvalue weighted by Gasteiger charge is -2.26. The highest BCUT2D eigenvalue weighted by molar-refractivity contribution is 7.06. The molecule has 0 saturated heterocycles. The maximum atomic E-state index is 11.1. The van der Waals surface area contributed by atoms with Gasteiger partial charge in [-0.05, 0) is 16.4 Å².